The lowest BCUT2D eigenvalue weighted by molar-refractivity contribution is -0.238. The zero-order chi connectivity index (χ0) is 33.5. The number of nitrogens with one attached hydrogen (secondary N) is 1. The highest BCUT2D eigenvalue weighted by atomic mass is 16.7. The lowest BCUT2D eigenvalue weighted by atomic mass is 9.89. The van der Waals surface area contributed by atoms with Crippen molar-refractivity contribution >= 4 is 5.91 Å². The molecule has 4 aliphatic rings. The molecule has 45 heavy (non-hydrogen) atoms. The van der Waals surface area contributed by atoms with Gasteiger partial charge in [0.1, 0.15) is 18.3 Å². The quantitative estimate of drug-likeness (QED) is 0.106. The molecule has 0 bridgehead atoms. The molecular weight excluding hydrogens is 596 g/mol. The van der Waals surface area contributed by atoms with Gasteiger partial charge in [-0.05, 0) is 45.1 Å². The zero-order valence-electron chi connectivity index (χ0n) is 26.3. The molecule has 7 unspecified atom stereocenters. The molecule has 17 heteroatoms. The fraction of sp³-hybridized carbons (Fsp3) is 0.964. The molecule has 3 aliphatic heterocycles. The van der Waals surface area contributed by atoms with E-state index in [1.54, 1.807) is 7.11 Å². The molecule has 16 N–H and O–H groups in total. The van der Waals surface area contributed by atoms with E-state index >= 15 is 0 Å². The van der Waals surface area contributed by atoms with Crippen molar-refractivity contribution in [2.45, 2.75) is 138 Å². The van der Waals surface area contributed by atoms with Crippen LogP contribution in [-0.4, -0.2) is 145 Å². The van der Waals surface area contributed by atoms with Gasteiger partial charge in [0.05, 0.1) is 37.1 Å². The van der Waals surface area contributed by atoms with Crippen molar-refractivity contribution < 1.29 is 54.0 Å². The lowest BCUT2D eigenvalue weighted by Crippen LogP contribution is -2.62. The number of rotatable bonds is 10. The summed E-state index contributed by atoms with van der Waals surface area (Å²) in [6.07, 6.45) is 0.929. The molecule has 266 valence electrons. The van der Waals surface area contributed by atoms with Crippen LogP contribution in [0.3, 0.4) is 0 Å². The number of hydrogen-bond acceptors (Lipinski definition) is 16. The molecule has 4 fully saturated rings. The highest BCUT2D eigenvalue weighted by Crippen LogP contribution is 2.27. The summed E-state index contributed by atoms with van der Waals surface area (Å²) < 4.78 is 26.7. The second kappa shape index (κ2) is 21.0. The zero-order valence-corrected chi connectivity index (χ0v) is 26.3. The Morgan fingerprint density at radius 1 is 0.867 bits per heavy atom. The van der Waals surface area contributed by atoms with Crippen molar-refractivity contribution in [2.75, 3.05) is 33.4 Å². The number of ether oxygens (including phenoxy) is 5. The minimum absolute atomic E-state index is 0.00833. The van der Waals surface area contributed by atoms with E-state index in [2.05, 4.69) is 5.32 Å². The molecule has 1 amide bonds. The molecule has 0 radical (unpaired) electrons. The number of carbonyl (C=O) groups is 1. The van der Waals surface area contributed by atoms with Crippen LogP contribution >= 0.6 is 0 Å². The largest absolute Gasteiger partial charge is 0.394 e. The minimum Gasteiger partial charge on any atom is -0.394 e. The number of methoxy groups -OCH3 is 1. The van der Waals surface area contributed by atoms with Crippen LogP contribution in [0.1, 0.15) is 57.8 Å². The van der Waals surface area contributed by atoms with E-state index in [-0.39, 0.29) is 62.0 Å². The Bertz CT molecular complexity index is 818. The Balaban J connectivity index is 0.000000259. The highest BCUT2D eigenvalue weighted by molar-refractivity contribution is 5.76. The van der Waals surface area contributed by atoms with Crippen molar-refractivity contribution in [3.8, 4) is 0 Å². The fourth-order valence-electron chi connectivity index (χ4n) is 5.62. The van der Waals surface area contributed by atoms with Gasteiger partial charge >= 0.3 is 0 Å². The first kappa shape index (κ1) is 40.0. The van der Waals surface area contributed by atoms with E-state index in [0.29, 0.717) is 32.4 Å². The van der Waals surface area contributed by atoms with E-state index in [1.165, 1.54) is 0 Å². The summed E-state index contributed by atoms with van der Waals surface area (Å²) in [6.45, 7) is 0.932. The third-order valence-corrected chi connectivity index (χ3v) is 8.24. The van der Waals surface area contributed by atoms with Crippen molar-refractivity contribution in [1.82, 2.24) is 5.32 Å². The predicted molar refractivity (Wildman–Crippen MR) is 162 cm³/mol. The SMILES string of the molecule is CO[C@@H]1CC[C@H](O)C(CN)O1.NCCCC(=O)NC1CC(N)CC(OC2CCC(CO)O2)C1.NC[C@@H]1O[C@H](O)[C@H](N)C(O)[C@@H]1O. The summed E-state index contributed by atoms with van der Waals surface area (Å²) in [5, 5.41) is 49.1. The van der Waals surface area contributed by atoms with Gasteiger partial charge in [0.25, 0.3) is 0 Å². The second-order valence-electron chi connectivity index (χ2n) is 11.9. The van der Waals surface area contributed by atoms with Crippen LogP contribution in [0.15, 0.2) is 0 Å². The van der Waals surface area contributed by atoms with Crippen molar-refractivity contribution in [2.24, 2.45) is 28.7 Å². The molecule has 0 aromatic rings. The molecule has 1 saturated carbocycles. The van der Waals surface area contributed by atoms with Crippen LogP contribution in [0.5, 0.6) is 0 Å². The molecule has 13 atom stereocenters. The monoisotopic (exact) mass is 654 g/mol. The molecule has 17 nitrogen and oxygen atoms in total. The van der Waals surface area contributed by atoms with Crippen LogP contribution in [0.4, 0.5) is 0 Å². The third kappa shape index (κ3) is 13.5. The highest BCUT2D eigenvalue weighted by Gasteiger charge is 2.41. The van der Waals surface area contributed by atoms with Crippen LogP contribution < -0.4 is 34.0 Å². The van der Waals surface area contributed by atoms with Gasteiger partial charge in [-0.1, -0.05) is 0 Å². The number of aliphatic hydroxyl groups is 5. The lowest BCUT2D eigenvalue weighted by Gasteiger charge is -2.38. The van der Waals surface area contributed by atoms with Gasteiger partial charge in [0.2, 0.25) is 5.91 Å². The van der Waals surface area contributed by atoms with Gasteiger partial charge in [-0.3, -0.25) is 4.79 Å². The maximum atomic E-state index is 11.8. The smallest absolute Gasteiger partial charge is 0.220 e. The molecule has 3 saturated heterocycles. The molecule has 0 aromatic carbocycles. The van der Waals surface area contributed by atoms with Crippen molar-refractivity contribution in [1.29, 1.82) is 0 Å². The number of hydrogen-bond donors (Lipinski definition) is 11. The van der Waals surface area contributed by atoms with Gasteiger partial charge in [0, 0.05) is 51.5 Å². The molecule has 0 spiro atoms. The summed E-state index contributed by atoms with van der Waals surface area (Å²) in [4.78, 5) is 11.8. The first-order chi connectivity index (χ1) is 21.4. The Morgan fingerprint density at radius 2 is 1.56 bits per heavy atom. The summed E-state index contributed by atoms with van der Waals surface area (Å²) in [5.41, 5.74) is 27.4. The molecule has 4 rings (SSSR count). The van der Waals surface area contributed by atoms with E-state index in [4.69, 9.17) is 62.6 Å². The first-order valence-corrected chi connectivity index (χ1v) is 15.8. The van der Waals surface area contributed by atoms with Crippen molar-refractivity contribution in [3.05, 3.63) is 0 Å². The summed E-state index contributed by atoms with van der Waals surface area (Å²) in [6, 6.07) is -0.912. The van der Waals surface area contributed by atoms with Crippen LogP contribution in [0.25, 0.3) is 0 Å². The Morgan fingerprint density at radius 3 is 2.16 bits per heavy atom. The fourth-order valence-corrected chi connectivity index (χ4v) is 5.62. The summed E-state index contributed by atoms with van der Waals surface area (Å²) in [7, 11) is 1.59. The number of amides is 1. The van der Waals surface area contributed by atoms with Crippen molar-refractivity contribution in [3.63, 3.8) is 0 Å². The first-order valence-electron chi connectivity index (χ1n) is 15.8. The number of carbonyl (C=O) groups excluding carboxylic acids is 1. The standard InChI is InChI=1S/C15H29N3O4.C7H15NO3.C6H14N2O4/c16-5-1-2-14(20)18-11-6-10(17)7-13(8-11)22-15-4-3-12(9-19)21-15;1-10-7-3-2-5(9)6(4-8)11-7;7-1-2-4(9)5(10)3(8)6(11)12-2/h10-13,15,19H,1-9,16-17H2,(H,18,20);5-7,9H,2-4,8H2,1H3;2-6,9-11H,1,7-8H2/t;5-,6?,7-;2-,3+,4+,5?,6-/m.00/s1. The van der Waals surface area contributed by atoms with Gasteiger partial charge in [-0.25, -0.2) is 0 Å². The van der Waals surface area contributed by atoms with Gasteiger partial charge < -0.3 is 83.2 Å². The van der Waals surface area contributed by atoms with Gasteiger partial charge in [-0.2, -0.15) is 0 Å². The number of aliphatic hydroxyl groups excluding tert-OH is 5. The Labute approximate surface area is 265 Å². The van der Waals surface area contributed by atoms with Crippen LogP contribution in [-0.2, 0) is 28.5 Å². The Kier molecular flexibility index (Phi) is 18.7. The normalized spacial score (nSPS) is 40.0. The molecule has 1 aliphatic carbocycles. The second-order valence-corrected chi connectivity index (χ2v) is 11.9. The van der Waals surface area contributed by atoms with E-state index in [1.807, 2.05) is 0 Å². The van der Waals surface area contributed by atoms with E-state index in [9.17, 15) is 20.1 Å². The van der Waals surface area contributed by atoms with Gasteiger partial charge in [0.15, 0.2) is 18.9 Å². The van der Waals surface area contributed by atoms with Gasteiger partial charge in [-0.15, -0.1) is 0 Å². The van der Waals surface area contributed by atoms with E-state index in [0.717, 1.165) is 38.5 Å². The maximum absolute atomic E-state index is 11.8. The maximum Gasteiger partial charge on any atom is 0.220 e. The van der Waals surface area contributed by atoms with E-state index < -0.39 is 36.7 Å². The molecule has 0 aromatic heterocycles. The van der Waals surface area contributed by atoms with Crippen LogP contribution in [0.2, 0.25) is 0 Å². The average molecular weight is 655 g/mol. The third-order valence-electron chi connectivity index (χ3n) is 8.24. The predicted octanol–water partition coefficient (Wildman–Crippen LogP) is -4.23. The summed E-state index contributed by atoms with van der Waals surface area (Å²) in [5.74, 6) is 0.0285. The van der Waals surface area contributed by atoms with Crippen LogP contribution in [0, 0.1) is 0 Å². The average Bonchev–Trinajstić information content (AvgIpc) is 3.48. The summed E-state index contributed by atoms with van der Waals surface area (Å²) >= 11 is 0. The molecular formula is C28H58N6O11. The minimum atomic E-state index is -1.27. The number of nitrogens with two attached hydrogens (primary N) is 5. The Hall–Kier alpha value is -1.13. The molecule has 3 heterocycles. The topological polar surface area (TPSA) is 306 Å².